The molecule has 98 valence electrons. The van der Waals surface area contributed by atoms with Gasteiger partial charge in [-0.25, -0.2) is 0 Å². The van der Waals surface area contributed by atoms with Crippen LogP contribution in [0.25, 0.3) is 0 Å². The highest BCUT2D eigenvalue weighted by atomic mass is 16.4. The highest BCUT2D eigenvalue weighted by molar-refractivity contribution is 5.76. The molecule has 0 saturated carbocycles. The Bertz CT molecular complexity index is 408. The van der Waals surface area contributed by atoms with Gasteiger partial charge in [-0.3, -0.25) is 14.3 Å². The van der Waals surface area contributed by atoms with Crippen LogP contribution in [0.2, 0.25) is 0 Å². The van der Waals surface area contributed by atoms with Gasteiger partial charge in [-0.15, -0.1) is 0 Å². The Morgan fingerprint density at radius 3 is 2.61 bits per heavy atom. The monoisotopic (exact) mass is 251 g/mol. The number of amides is 1. The van der Waals surface area contributed by atoms with Crippen LogP contribution in [0.15, 0.2) is 18.5 Å². The van der Waals surface area contributed by atoms with Gasteiger partial charge in [-0.2, -0.15) is 5.10 Å². The number of carboxylic acids is 1. The van der Waals surface area contributed by atoms with E-state index in [0.29, 0.717) is 13.1 Å². The molecule has 0 spiro atoms. The molecule has 1 aliphatic rings. The van der Waals surface area contributed by atoms with Crippen molar-refractivity contribution in [2.75, 3.05) is 13.1 Å². The quantitative estimate of drug-likeness (QED) is 0.850. The Morgan fingerprint density at radius 1 is 1.33 bits per heavy atom. The highest BCUT2D eigenvalue weighted by Gasteiger charge is 2.24. The van der Waals surface area contributed by atoms with E-state index < -0.39 is 5.97 Å². The second-order valence-corrected chi connectivity index (χ2v) is 4.63. The number of aliphatic carboxylic acids is 1. The van der Waals surface area contributed by atoms with Gasteiger partial charge in [0.1, 0.15) is 6.54 Å². The van der Waals surface area contributed by atoms with E-state index in [1.54, 1.807) is 28.0 Å². The number of carboxylic acid groups (broad SMARTS) is 1. The van der Waals surface area contributed by atoms with E-state index in [0.717, 1.165) is 12.8 Å². The number of rotatable bonds is 4. The van der Waals surface area contributed by atoms with Crippen LogP contribution in [0, 0.1) is 5.92 Å². The molecule has 2 heterocycles. The Labute approximate surface area is 105 Å². The smallest absolute Gasteiger partial charge is 0.303 e. The van der Waals surface area contributed by atoms with E-state index in [2.05, 4.69) is 5.10 Å². The van der Waals surface area contributed by atoms with Crippen molar-refractivity contribution in [3.8, 4) is 0 Å². The Balaban J connectivity index is 1.79. The van der Waals surface area contributed by atoms with Gasteiger partial charge >= 0.3 is 5.97 Å². The molecule has 0 unspecified atom stereocenters. The van der Waals surface area contributed by atoms with Gasteiger partial charge in [0.25, 0.3) is 0 Å². The first-order valence-electron chi connectivity index (χ1n) is 6.12. The van der Waals surface area contributed by atoms with Crippen LogP contribution in [0.4, 0.5) is 0 Å². The number of carbonyl (C=O) groups excluding carboxylic acids is 1. The fourth-order valence-electron chi connectivity index (χ4n) is 2.27. The second kappa shape index (κ2) is 5.66. The molecule has 18 heavy (non-hydrogen) atoms. The summed E-state index contributed by atoms with van der Waals surface area (Å²) in [5, 5.41) is 12.7. The molecule has 0 aromatic carbocycles. The third kappa shape index (κ3) is 3.32. The summed E-state index contributed by atoms with van der Waals surface area (Å²) in [6.07, 6.45) is 5.16. The lowest BCUT2D eigenvalue weighted by Gasteiger charge is -2.31. The average molecular weight is 251 g/mol. The molecule has 1 N–H and O–H groups in total. The lowest BCUT2D eigenvalue weighted by Crippen LogP contribution is -2.40. The first kappa shape index (κ1) is 12.6. The fourth-order valence-corrected chi connectivity index (χ4v) is 2.27. The summed E-state index contributed by atoms with van der Waals surface area (Å²) in [4.78, 5) is 24.3. The van der Waals surface area contributed by atoms with E-state index in [4.69, 9.17) is 5.11 Å². The topological polar surface area (TPSA) is 75.4 Å². The molecule has 6 heteroatoms. The first-order chi connectivity index (χ1) is 8.65. The summed E-state index contributed by atoms with van der Waals surface area (Å²) in [6, 6.07) is 1.78. The third-order valence-corrected chi connectivity index (χ3v) is 3.29. The largest absolute Gasteiger partial charge is 0.481 e. The summed E-state index contributed by atoms with van der Waals surface area (Å²) >= 11 is 0. The summed E-state index contributed by atoms with van der Waals surface area (Å²) in [5.74, 6) is -0.500. The zero-order valence-corrected chi connectivity index (χ0v) is 10.2. The van der Waals surface area contributed by atoms with Crippen LogP contribution in [0.3, 0.4) is 0 Å². The number of likely N-dealkylation sites (tertiary alicyclic amines) is 1. The molecule has 1 saturated heterocycles. The number of hydrogen-bond acceptors (Lipinski definition) is 3. The first-order valence-corrected chi connectivity index (χ1v) is 6.12. The van der Waals surface area contributed by atoms with Gasteiger partial charge in [0.05, 0.1) is 0 Å². The lowest BCUT2D eigenvalue weighted by atomic mass is 9.93. The Kier molecular flexibility index (Phi) is 3.96. The molecule has 1 aliphatic heterocycles. The maximum absolute atomic E-state index is 11.9. The molecular formula is C12H17N3O3. The minimum Gasteiger partial charge on any atom is -0.481 e. The zero-order valence-electron chi connectivity index (χ0n) is 10.2. The number of hydrogen-bond donors (Lipinski definition) is 1. The van der Waals surface area contributed by atoms with Crippen LogP contribution in [0.1, 0.15) is 19.3 Å². The van der Waals surface area contributed by atoms with Crippen molar-refractivity contribution in [3.63, 3.8) is 0 Å². The second-order valence-electron chi connectivity index (χ2n) is 4.63. The molecule has 0 bridgehead atoms. The summed E-state index contributed by atoms with van der Waals surface area (Å²) in [7, 11) is 0. The normalized spacial score (nSPS) is 16.8. The highest BCUT2D eigenvalue weighted by Crippen LogP contribution is 2.20. The molecule has 6 nitrogen and oxygen atoms in total. The molecule has 0 radical (unpaired) electrons. The van der Waals surface area contributed by atoms with Gasteiger partial charge in [-0.1, -0.05) is 0 Å². The number of aromatic nitrogens is 2. The van der Waals surface area contributed by atoms with Gasteiger partial charge in [0.2, 0.25) is 5.91 Å². The number of piperidine rings is 1. The van der Waals surface area contributed by atoms with Crippen LogP contribution in [0.5, 0.6) is 0 Å². The molecule has 1 aromatic heterocycles. The van der Waals surface area contributed by atoms with Gasteiger partial charge in [-0.05, 0) is 24.8 Å². The van der Waals surface area contributed by atoms with Gasteiger partial charge in [0.15, 0.2) is 0 Å². The predicted molar refractivity (Wildman–Crippen MR) is 63.8 cm³/mol. The van der Waals surface area contributed by atoms with Crippen LogP contribution in [-0.4, -0.2) is 44.8 Å². The molecule has 2 rings (SSSR count). The maximum Gasteiger partial charge on any atom is 0.303 e. The summed E-state index contributed by atoms with van der Waals surface area (Å²) in [5.41, 5.74) is 0. The van der Waals surface area contributed by atoms with Crippen molar-refractivity contribution in [2.24, 2.45) is 5.92 Å². The molecule has 0 atom stereocenters. The van der Waals surface area contributed by atoms with Gasteiger partial charge in [0, 0.05) is 31.9 Å². The SMILES string of the molecule is O=C(O)CC1CCN(C(=O)Cn2cccn2)CC1. The van der Waals surface area contributed by atoms with Crippen molar-refractivity contribution >= 4 is 11.9 Å². The predicted octanol–water partition coefficient (Wildman–Crippen LogP) is 0.596. The van der Waals surface area contributed by atoms with E-state index >= 15 is 0 Å². The van der Waals surface area contributed by atoms with Crippen LogP contribution in [-0.2, 0) is 16.1 Å². The number of carbonyl (C=O) groups is 2. The molecule has 0 aliphatic carbocycles. The van der Waals surface area contributed by atoms with Crippen LogP contribution >= 0.6 is 0 Å². The van der Waals surface area contributed by atoms with E-state index in [1.165, 1.54) is 0 Å². The van der Waals surface area contributed by atoms with Crippen molar-refractivity contribution in [1.82, 2.24) is 14.7 Å². The molecule has 1 amide bonds. The van der Waals surface area contributed by atoms with Crippen molar-refractivity contribution < 1.29 is 14.7 Å². The van der Waals surface area contributed by atoms with Crippen molar-refractivity contribution in [2.45, 2.75) is 25.8 Å². The molecular weight excluding hydrogens is 234 g/mol. The Hall–Kier alpha value is -1.85. The fraction of sp³-hybridized carbons (Fsp3) is 0.583. The summed E-state index contributed by atoms with van der Waals surface area (Å²) < 4.78 is 1.60. The summed E-state index contributed by atoms with van der Waals surface area (Å²) in [6.45, 7) is 1.56. The Morgan fingerprint density at radius 2 is 2.06 bits per heavy atom. The maximum atomic E-state index is 11.9. The average Bonchev–Trinajstić information content (AvgIpc) is 2.82. The van der Waals surface area contributed by atoms with Crippen molar-refractivity contribution in [3.05, 3.63) is 18.5 Å². The van der Waals surface area contributed by atoms with E-state index in [-0.39, 0.29) is 24.8 Å². The van der Waals surface area contributed by atoms with E-state index in [9.17, 15) is 9.59 Å². The minimum absolute atomic E-state index is 0.0486. The number of nitrogens with zero attached hydrogens (tertiary/aromatic N) is 3. The molecule has 1 aromatic rings. The standard InChI is InChI=1S/C12H17N3O3/c16-11(9-15-5-1-4-13-15)14-6-2-10(3-7-14)8-12(17)18/h1,4-5,10H,2-3,6-9H2,(H,17,18). The van der Waals surface area contributed by atoms with E-state index in [1.807, 2.05) is 0 Å². The van der Waals surface area contributed by atoms with Crippen molar-refractivity contribution in [1.29, 1.82) is 0 Å². The lowest BCUT2D eigenvalue weighted by molar-refractivity contribution is -0.138. The zero-order chi connectivity index (χ0) is 13.0. The minimum atomic E-state index is -0.753. The molecule has 1 fully saturated rings. The van der Waals surface area contributed by atoms with Crippen LogP contribution < -0.4 is 0 Å². The van der Waals surface area contributed by atoms with Gasteiger partial charge < -0.3 is 10.0 Å². The third-order valence-electron chi connectivity index (χ3n) is 3.29.